The summed E-state index contributed by atoms with van der Waals surface area (Å²) in [5.41, 5.74) is -0.541. The number of nitrogens with one attached hydrogen (secondary N) is 1. The van der Waals surface area contributed by atoms with Crippen LogP contribution in [0.25, 0.3) is 0 Å². The fraction of sp³-hybridized carbons (Fsp3) is 0.714. The van der Waals surface area contributed by atoms with Crippen LogP contribution in [0.3, 0.4) is 0 Å². The predicted octanol–water partition coefficient (Wildman–Crippen LogP) is 3.09. The molecular formula is C14H22N2O2S2. The molecule has 0 radical (unpaired) electrons. The van der Waals surface area contributed by atoms with Gasteiger partial charge >= 0.3 is 5.97 Å². The first kappa shape index (κ1) is 15.8. The zero-order valence-corrected chi connectivity index (χ0v) is 13.7. The molecule has 6 heteroatoms. The number of esters is 1. The molecule has 112 valence electrons. The summed E-state index contributed by atoms with van der Waals surface area (Å²) >= 11 is 3.42. The molecule has 4 nitrogen and oxygen atoms in total. The summed E-state index contributed by atoms with van der Waals surface area (Å²) in [6, 6.07) is 0.496. The van der Waals surface area contributed by atoms with E-state index in [9.17, 15) is 4.79 Å². The van der Waals surface area contributed by atoms with Crippen molar-refractivity contribution in [3.63, 3.8) is 0 Å². The van der Waals surface area contributed by atoms with Crippen molar-refractivity contribution in [1.82, 2.24) is 10.3 Å². The summed E-state index contributed by atoms with van der Waals surface area (Å²) in [5, 5.41) is 5.43. The van der Waals surface area contributed by atoms with Crippen molar-refractivity contribution < 1.29 is 9.53 Å². The summed E-state index contributed by atoms with van der Waals surface area (Å²) in [4.78, 5) is 16.4. The molecule has 20 heavy (non-hydrogen) atoms. The zero-order chi connectivity index (χ0) is 14.4. The number of carbonyl (C=O) groups excluding carboxylic acids is 1. The number of hydrogen-bond acceptors (Lipinski definition) is 6. The largest absolute Gasteiger partial charge is 0.465 e. The highest BCUT2D eigenvalue weighted by atomic mass is 32.2. The number of thiazole rings is 1. The van der Waals surface area contributed by atoms with Crippen LogP contribution in [0.5, 0.6) is 0 Å². The van der Waals surface area contributed by atoms with E-state index in [1.807, 2.05) is 25.4 Å². The van der Waals surface area contributed by atoms with Crippen molar-refractivity contribution in [3.05, 3.63) is 11.6 Å². The molecule has 1 saturated carbocycles. The van der Waals surface area contributed by atoms with Gasteiger partial charge in [0.15, 0.2) is 0 Å². The molecule has 2 rings (SSSR count). The van der Waals surface area contributed by atoms with E-state index in [0.717, 1.165) is 22.9 Å². The second-order valence-corrected chi connectivity index (χ2v) is 7.46. The predicted molar refractivity (Wildman–Crippen MR) is 83.3 cm³/mol. The second-order valence-electron chi connectivity index (χ2n) is 5.22. The van der Waals surface area contributed by atoms with Gasteiger partial charge in [-0.15, -0.1) is 11.3 Å². The van der Waals surface area contributed by atoms with Gasteiger partial charge in [-0.05, 0) is 39.5 Å². The van der Waals surface area contributed by atoms with Gasteiger partial charge in [-0.3, -0.25) is 10.1 Å². The summed E-state index contributed by atoms with van der Waals surface area (Å²) < 4.78 is 6.32. The molecule has 1 unspecified atom stereocenters. The highest BCUT2D eigenvalue weighted by Crippen LogP contribution is 2.27. The minimum atomic E-state index is -0.541. The topological polar surface area (TPSA) is 51.2 Å². The van der Waals surface area contributed by atoms with E-state index in [0.29, 0.717) is 12.6 Å². The Morgan fingerprint density at radius 3 is 3.05 bits per heavy atom. The van der Waals surface area contributed by atoms with Gasteiger partial charge in [0.25, 0.3) is 0 Å². The number of nitrogens with zero attached hydrogens (tertiary/aromatic N) is 1. The first-order chi connectivity index (χ1) is 9.64. The molecule has 1 fully saturated rings. The molecular weight excluding hydrogens is 292 g/mol. The molecule has 1 N–H and O–H groups in total. The Morgan fingerprint density at radius 1 is 1.65 bits per heavy atom. The van der Waals surface area contributed by atoms with Gasteiger partial charge in [0.1, 0.15) is 9.88 Å². The Bertz CT molecular complexity index is 421. The molecule has 0 aromatic carbocycles. The van der Waals surface area contributed by atoms with Gasteiger partial charge in [0.05, 0.1) is 6.61 Å². The number of carbonyl (C=O) groups is 1. The van der Waals surface area contributed by atoms with Crippen LogP contribution in [-0.2, 0) is 9.53 Å². The normalized spacial score (nSPS) is 17.7. The lowest BCUT2D eigenvalue weighted by atomic mass is 9.96. The summed E-state index contributed by atoms with van der Waals surface area (Å²) in [7, 11) is 0. The molecule has 1 aromatic heterocycles. The minimum absolute atomic E-state index is 0.119. The van der Waals surface area contributed by atoms with Crippen molar-refractivity contribution >= 4 is 29.1 Å². The summed E-state index contributed by atoms with van der Waals surface area (Å²) in [6.45, 7) is 4.26. The Morgan fingerprint density at radius 2 is 2.45 bits per heavy atom. The van der Waals surface area contributed by atoms with E-state index < -0.39 is 5.54 Å². The van der Waals surface area contributed by atoms with Crippen LogP contribution in [0.4, 0.5) is 0 Å². The molecule has 1 aliphatic rings. The Hall–Kier alpha value is -0.590. The lowest BCUT2D eigenvalue weighted by Crippen LogP contribution is -2.51. The molecule has 1 aromatic rings. The first-order valence-electron chi connectivity index (χ1n) is 7.11. The molecule has 0 saturated heterocycles. The third-order valence-electron chi connectivity index (χ3n) is 3.28. The van der Waals surface area contributed by atoms with Gasteiger partial charge in [-0.2, -0.15) is 0 Å². The highest BCUT2D eigenvalue weighted by Gasteiger charge is 2.39. The van der Waals surface area contributed by atoms with Gasteiger partial charge < -0.3 is 4.74 Å². The van der Waals surface area contributed by atoms with Crippen LogP contribution in [0.15, 0.2) is 15.9 Å². The highest BCUT2D eigenvalue weighted by molar-refractivity contribution is 8.00. The van der Waals surface area contributed by atoms with Crippen LogP contribution in [0.1, 0.15) is 39.5 Å². The number of rotatable bonds is 9. The number of hydrogen-bond donors (Lipinski definition) is 1. The van der Waals surface area contributed by atoms with Crippen LogP contribution in [0.2, 0.25) is 0 Å². The van der Waals surface area contributed by atoms with E-state index >= 15 is 0 Å². The van der Waals surface area contributed by atoms with Crippen molar-refractivity contribution in [2.24, 2.45) is 0 Å². The Balaban J connectivity index is 1.78. The zero-order valence-electron chi connectivity index (χ0n) is 12.1. The molecule has 0 bridgehead atoms. The lowest BCUT2D eigenvalue weighted by Gasteiger charge is -2.28. The quantitative estimate of drug-likeness (QED) is 0.431. The van der Waals surface area contributed by atoms with Crippen molar-refractivity contribution in [1.29, 1.82) is 0 Å². The summed E-state index contributed by atoms with van der Waals surface area (Å²) in [6.07, 6.45) is 5.94. The van der Waals surface area contributed by atoms with E-state index in [-0.39, 0.29) is 5.97 Å². The molecule has 0 spiro atoms. The SMILES string of the molecule is CCOC(=O)C(C)(CCCSc1nccs1)NC1CC1. The molecule has 1 heterocycles. The molecule has 1 aliphatic carbocycles. The maximum Gasteiger partial charge on any atom is 0.326 e. The third kappa shape index (κ3) is 4.75. The fourth-order valence-corrected chi connectivity index (χ4v) is 3.72. The van der Waals surface area contributed by atoms with E-state index in [4.69, 9.17) is 4.74 Å². The van der Waals surface area contributed by atoms with Gasteiger partial charge in [-0.25, -0.2) is 4.98 Å². The number of thioether (sulfide) groups is 1. The Labute approximate surface area is 128 Å². The van der Waals surface area contributed by atoms with Crippen LogP contribution in [0, 0.1) is 0 Å². The van der Waals surface area contributed by atoms with E-state index in [1.54, 1.807) is 23.1 Å². The fourth-order valence-electron chi connectivity index (χ4n) is 2.07. The minimum Gasteiger partial charge on any atom is -0.465 e. The number of aromatic nitrogens is 1. The smallest absolute Gasteiger partial charge is 0.326 e. The van der Waals surface area contributed by atoms with Crippen LogP contribution in [-0.4, -0.2) is 34.9 Å². The monoisotopic (exact) mass is 314 g/mol. The third-order valence-corrected chi connectivity index (χ3v) is 5.33. The average molecular weight is 314 g/mol. The molecule has 1 atom stereocenters. The van der Waals surface area contributed by atoms with Gasteiger partial charge in [0, 0.05) is 23.4 Å². The summed E-state index contributed by atoms with van der Waals surface area (Å²) in [5.74, 6) is 0.862. The lowest BCUT2D eigenvalue weighted by molar-refractivity contribution is -0.151. The second kappa shape index (κ2) is 7.43. The van der Waals surface area contributed by atoms with Crippen molar-refractivity contribution in [3.8, 4) is 0 Å². The van der Waals surface area contributed by atoms with E-state index in [1.165, 1.54) is 12.8 Å². The van der Waals surface area contributed by atoms with Gasteiger partial charge in [-0.1, -0.05) is 11.8 Å². The first-order valence-corrected chi connectivity index (χ1v) is 8.98. The molecule has 0 aliphatic heterocycles. The average Bonchev–Trinajstić information content (AvgIpc) is 3.07. The van der Waals surface area contributed by atoms with Crippen molar-refractivity contribution in [2.75, 3.05) is 12.4 Å². The van der Waals surface area contributed by atoms with Crippen molar-refractivity contribution in [2.45, 2.75) is 55.5 Å². The van der Waals surface area contributed by atoms with E-state index in [2.05, 4.69) is 10.3 Å². The van der Waals surface area contributed by atoms with Crippen LogP contribution < -0.4 is 5.32 Å². The Kier molecular flexibility index (Phi) is 5.86. The maximum atomic E-state index is 12.1. The standard InChI is InChI=1S/C14H22N2O2S2/c1-3-18-12(17)14(2,16-11-5-6-11)7-4-9-19-13-15-8-10-20-13/h8,10-11,16H,3-7,9H2,1-2H3. The maximum absolute atomic E-state index is 12.1. The van der Waals surface area contributed by atoms with Gasteiger partial charge in [0.2, 0.25) is 0 Å². The van der Waals surface area contributed by atoms with Crippen LogP contribution >= 0.6 is 23.1 Å². The number of ether oxygens (including phenoxy) is 1. The molecule has 0 amide bonds.